The normalized spacial score (nSPS) is 13.1. The number of nitrogens with zero attached hydrogens (tertiary/aromatic N) is 1. The number of nitrogens with one attached hydrogen (secondary N) is 1. The molecule has 0 amide bonds. The summed E-state index contributed by atoms with van der Waals surface area (Å²) >= 11 is 1.75. The van der Waals surface area contributed by atoms with Gasteiger partial charge in [0.05, 0.1) is 23.4 Å². The topological polar surface area (TPSA) is 34.1 Å². The lowest BCUT2D eigenvalue weighted by molar-refractivity contribution is 0.168. The van der Waals surface area contributed by atoms with E-state index in [9.17, 15) is 0 Å². The molecule has 1 aromatic rings. The van der Waals surface area contributed by atoms with Gasteiger partial charge in [0.15, 0.2) is 0 Å². The summed E-state index contributed by atoms with van der Waals surface area (Å²) in [7, 11) is 1.73. The van der Waals surface area contributed by atoms with E-state index >= 15 is 0 Å². The lowest BCUT2D eigenvalue weighted by Gasteiger charge is -2.15. The molecular weight excluding hydrogens is 196 g/mol. The zero-order valence-electron chi connectivity index (χ0n) is 9.26. The van der Waals surface area contributed by atoms with Gasteiger partial charge in [0, 0.05) is 12.0 Å². The Kier molecular flexibility index (Phi) is 4.51. The minimum Gasteiger partial charge on any atom is -0.383 e. The van der Waals surface area contributed by atoms with Gasteiger partial charge in [0.25, 0.3) is 0 Å². The molecule has 0 fully saturated rings. The Morgan fingerprint density at radius 2 is 2.21 bits per heavy atom. The van der Waals surface area contributed by atoms with Crippen LogP contribution >= 0.6 is 11.3 Å². The first-order valence-corrected chi connectivity index (χ1v) is 5.67. The van der Waals surface area contributed by atoms with Crippen LogP contribution in [0.5, 0.6) is 0 Å². The summed E-state index contributed by atoms with van der Waals surface area (Å²) in [5.41, 5.74) is 1.12. The monoisotopic (exact) mass is 214 g/mol. The van der Waals surface area contributed by atoms with Crippen molar-refractivity contribution in [3.05, 3.63) is 15.6 Å². The first kappa shape index (κ1) is 11.6. The predicted octanol–water partition coefficient (Wildman–Crippen LogP) is 2.06. The maximum absolute atomic E-state index is 5.19. The average molecular weight is 214 g/mol. The maximum Gasteiger partial charge on any atom is 0.0900 e. The van der Waals surface area contributed by atoms with Crippen molar-refractivity contribution in [2.24, 2.45) is 0 Å². The third-order valence-electron chi connectivity index (χ3n) is 2.04. The fraction of sp³-hybridized carbons (Fsp3) is 0.700. The number of hydrogen-bond donors (Lipinski definition) is 1. The van der Waals surface area contributed by atoms with Crippen molar-refractivity contribution in [2.75, 3.05) is 20.3 Å². The van der Waals surface area contributed by atoms with Gasteiger partial charge in [-0.05, 0) is 20.4 Å². The van der Waals surface area contributed by atoms with E-state index in [-0.39, 0.29) is 6.04 Å². The standard InChI is InChI=1S/C10H18N2OS/c1-5-11-9(6-13-4)10-7(2)12-8(3)14-10/h9,11H,5-6H2,1-4H3. The van der Waals surface area contributed by atoms with Gasteiger partial charge in [0.1, 0.15) is 0 Å². The molecule has 0 aliphatic rings. The SMILES string of the molecule is CCNC(COC)c1sc(C)nc1C. The molecular formula is C10H18N2OS. The van der Waals surface area contributed by atoms with Crippen LogP contribution in [-0.2, 0) is 4.74 Å². The van der Waals surface area contributed by atoms with Gasteiger partial charge in [-0.3, -0.25) is 0 Å². The van der Waals surface area contributed by atoms with Gasteiger partial charge in [-0.15, -0.1) is 11.3 Å². The molecule has 1 unspecified atom stereocenters. The van der Waals surface area contributed by atoms with Gasteiger partial charge in [-0.25, -0.2) is 4.98 Å². The molecule has 0 aliphatic heterocycles. The van der Waals surface area contributed by atoms with Crippen LogP contribution in [0.25, 0.3) is 0 Å². The number of aromatic nitrogens is 1. The second kappa shape index (κ2) is 5.44. The van der Waals surface area contributed by atoms with Gasteiger partial charge in [-0.1, -0.05) is 6.92 Å². The highest BCUT2D eigenvalue weighted by Crippen LogP contribution is 2.24. The highest BCUT2D eigenvalue weighted by atomic mass is 32.1. The van der Waals surface area contributed by atoms with Crippen molar-refractivity contribution >= 4 is 11.3 Å². The number of hydrogen-bond acceptors (Lipinski definition) is 4. The Labute approximate surface area is 89.5 Å². The molecule has 1 heterocycles. The molecule has 0 saturated carbocycles. The number of thiazole rings is 1. The molecule has 80 valence electrons. The summed E-state index contributed by atoms with van der Waals surface area (Å²) < 4.78 is 5.19. The van der Waals surface area contributed by atoms with Crippen LogP contribution in [0.1, 0.15) is 28.5 Å². The maximum atomic E-state index is 5.19. The van der Waals surface area contributed by atoms with Gasteiger partial charge in [0.2, 0.25) is 0 Å². The molecule has 0 bridgehead atoms. The first-order valence-electron chi connectivity index (χ1n) is 4.85. The summed E-state index contributed by atoms with van der Waals surface area (Å²) in [4.78, 5) is 5.72. The van der Waals surface area contributed by atoms with Crippen molar-refractivity contribution in [3.8, 4) is 0 Å². The van der Waals surface area contributed by atoms with Crippen LogP contribution in [0, 0.1) is 13.8 Å². The van der Waals surface area contributed by atoms with E-state index in [2.05, 4.69) is 24.1 Å². The first-order chi connectivity index (χ1) is 6.69. The van der Waals surface area contributed by atoms with E-state index in [0.29, 0.717) is 6.61 Å². The van der Waals surface area contributed by atoms with Gasteiger partial charge < -0.3 is 10.1 Å². The molecule has 0 radical (unpaired) electrons. The van der Waals surface area contributed by atoms with Crippen LogP contribution in [0.2, 0.25) is 0 Å². The largest absolute Gasteiger partial charge is 0.383 e. The van der Waals surface area contributed by atoms with Crippen LogP contribution in [0.15, 0.2) is 0 Å². The van der Waals surface area contributed by atoms with Crippen molar-refractivity contribution in [1.82, 2.24) is 10.3 Å². The Morgan fingerprint density at radius 3 is 2.64 bits per heavy atom. The molecule has 14 heavy (non-hydrogen) atoms. The molecule has 1 atom stereocenters. The fourth-order valence-corrected chi connectivity index (χ4v) is 2.50. The van der Waals surface area contributed by atoms with Crippen molar-refractivity contribution < 1.29 is 4.74 Å². The van der Waals surface area contributed by atoms with Crippen LogP contribution < -0.4 is 5.32 Å². The summed E-state index contributed by atoms with van der Waals surface area (Å²) in [6, 6.07) is 0.288. The Hall–Kier alpha value is -0.450. The number of ether oxygens (including phenoxy) is 1. The van der Waals surface area contributed by atoms with Crippen molar-refractivity contribution in [2.45, 2.75) is 26.8 Å². The van der Waals surface area contributed by atoms with E-state index in [0.717, 1.165) is 17.2 Å². The quantitative estimate of drug-likeness (QED) is 0.814. The smallest absolute Gasteiger partial charge is 0.0900 e. The Balaban J connectivity index is 2.80. The lowest BCUT2D eigenvalue weighted by atomic mass is 10.2. The summed E-state index contributed by atoms with van der Waals surface area (Å²) in [6.07, 6.45) is 0. The average Bonchev–Trinajstić information content (AvgIpc) is 2.45. The van der Waals surface area contributed by atoms with E-state index in [1.807, 2.05) is 6.92 Å². The molecule has 3 nitrogen and oxygen atoms in total. The number of methoxy groups -OCH3 is 1. The zero-order valence-corrected chi connectivity index (χ0v) is 10.1. The van der Waals surface area contributed by atoms with Crippen molar-refractivity contribution in [3.63, 3.8) is 0 Å². The molecule has 0 aromatic carbocycles. The molecule has 1 rings (SSSR count). The number of likely N-dealkylation sites (N-methyl/N-ethyl adjacent to an activating group) is 1. The lowest BCUT2D eigenvalue weighted by Crippen LogP contribution is -2.24. The molecule has 1 aromatic heterocycles. The van der Waals surface area contributed by atoms with Gasteiger partial charge >= 0.3 is 0 Å². The minimum atomic E-state index is 0.288. The Morgan fingerprint density at radius 1 is 1.50 bits per heavy atom. The third-order valence-corrected chi connectivity index (χ3v) is 3.23. The second-order valence-electron chi connectivity index (χ2n) is 3.25. The molecule has 0 spiro atoms. The molecule has 4 heteroatoms. The number of rotatable bonds is 5. The predicted molar refractivity (Wildman–Crippen MR) is 59.9 cm³/mol. The minimum absolute atomic E-state index is 0.288. The highest BCUT2D eigenvalue weighted by molar-refractivity contribution is 7.11. The van der Waals surface area contributed by atoms with E-state index in [1.54, 1.807) is 18.4 Å². The number of aryl methyl sites for hydroxylation is 2. The molecule has 0 aliphatic carbocycles. The fourth-order valence-electron chi connectivity index (χ4n) is 1.51. The summed E-state index contributed by atoms with van der Waals surface area (Å²) in [5.74, 6) is 0. The van der Waals surface area contributed by atoms with Crippen molar-refractivity contribution in [1.29, 1.82) is 0 Å². The highest BCUT2D eigenvalue weighted by Gasteiger charge is 2.15. The summed E-state index contributed by atoms with van der Waals surface area (Å²) in [5, 5.41) is 4.52. The van der Waals surface area contributed by atoms with Gasteiger partial charge in [-0.2, -0.15) is 0 Å². The van der Waals surface area contributed by atoms with E-state index in [4.69, 9.17) is 4.74 Å². The van der Waals surface area contributed by atoms with E-state index < -0.39 is 0 Å². The second-order valence-corrected chi connectivity index (χ2v) is 4.48. The van der Waals surface area contributed by atoms with E-state index in [1.165, 1.54) is 4.88 Å². The third kappa shape index (κ3) is 2.77. The van der Waals surface area contributed by atoms with Crippen LogP contribution in [-0.4, -0.2) is 25.2 Å². The molecule has 1 N–H and O–H groups in total. The zero-order chi connectivity index (χ0) is 10.6. The molecule has 0 saturated heterocycles. The summed E-state index contributed by atoms with van der Waals surface area (Å²) in [6.45, 7) is 7.85. The Bertz CT molecular complexity index is 280. The van der Waals surface area contributed by atoms with Crippen LogP contribution in [0.3, 0.4) is 0 Å². The van der Waals surface area contributed by atoms with Crippen LogP contribution in [0.4, 0.5) is 0 Å².